The van der Waals surface area contributed by atoms with Crippen LogP contribution in [-0.4, -0.2) is 76.1 Å². The van der Waals surface area contributed by atoms with Crippen LogP contribution in [0.1, 0.15) is 31.2 Å². The number of aryl methyl sites for hydroxylation is 1. The topological polar surface area (TPSA) is 75.7 Å². The van der Waals surface area contributed by atoms with E-state index < -0.39 is 10.0 Å². The summed E-state index contributed by atoms with van der Waals surface area (Å²) in [7, 11) is 0.611. The lowest BCUT2D eigenvalue weighted by molar-refractivity contribution is -0.906. The van der Waals surface area contributed by atoms with Gasteiger partial charge in [0.25, 0.3) is 5.91 Å². The fraction of sp³-hybridized carbons (Fsp3) is 0.650. The van der Waals surface area contributed by atoms with Gasteiger partial charge in [0.05, 0.1) is 38.2 Å². The third kappa shape index (κ3) is 4.74. The average molecular weight is 411 g/mol. The summed E-state index contributed by atoms with van der Waals surface area (Å²) in [5, 5.41) is 2.94. The first-order chi connectivity index (χ1) is 13.2. The SMILES string of the molecule is Cc1ccc(S(=O)(=O)N2CCOCC2)cc1NC(=O)C[N+](C)(C)C1CCCC1. The molecule has 1 N–H and O–H groups in total. The first-order valence-corrected chi connectivity index (χ1v) is 11.5. The highest BCUT2D eigenvalue weighted by atomic mass is 32.2. The van der Waals surface area contributed by atoms with Gasteiger partial charge in [-0.2, -0.15) is 4.31 Å². The van der Waals surface area contributed by atoms with E-state index in [4.69, 9.17) is 4.74 Å². The van der Waals surface area contributed by atoms with Gasteiger partial charge in [0, 0.05) is 18.8 Å². The number of ether oxygens (including phenoxy) is 1. The second kappa shape index (κ2) is 8.49. The van der Waals surface area contributed by atoms with Crippen LogP contribution in [0.5, 0.6) is 0 Å². The van der Waals surface area contributed by atoms with Gasteiger partial charge in [0.1, 0.15) is 0 Å². The van der Waals surface area contributed by atoms with E-state index in [1.165, 1.54) is 17.1 Å². The van der Waals surface area contributed by atoms with Crippen molar-refractivity contribution in [3.05, 3.63) is 23.8 Å². The number of hydrogen-bond acceptors (Lipinski definition) is 4. The highest BCUT2D eigenvalue weighted by molar-refractivity contribution is 7.89. The van der Waals surface area contributed by atoms with Crippen molar-refractivity contribution in [1.29, 1.82) is 0 Å². The van der Waals surface area contributed by atoms with Gasteiger partial charge in [0.2, 0.25) is 10.0 Å². The molecule has 1 saturated carbocycles. The smallest absolute Gasteiger partial charge is 0.279 e. The minimum atomic E-state index is -3.59. The zero-order valence-electron chi connectivity index (χ0n) is 17.1. The van der Waals surface area contributed by atoms with Crippen LogP contribution in [0.25, 0.3) is 0 Å². The molecule has 28 heavy (non-hydrogen) atoms. The number of sulfonamides is 1. The van der Waals surface area contributed by atoms with Crippen LogP contribution < -0.4 is 5.32 Å². The molecule has 0 radical (unpaired) electrons. The number of carbonyl (C=O) groups excluding carboxylic acids is 1. The first kappa shape index (κ1) is 21.2. The van der Waals surface area contributed by atoms with E-state index in [-0.39, 0.29) is 10.8 Å². The largest absolute Gasteiger partial charge is 0.379 e. The Kier molecular flexibility index (Phi) is 6.44. The van der Waals surface area contributed by atoms with Crippen LogP contribution in [0.4, 0.5) is 5.69 Å². The second-order valence-electron chi connectivity index (χ2n) is 8.42. The van der Waals surface area contributed by atoms with Crippen molar-refractivity contribution in [3.63, 3.8) is 0 Å². The molecule has 156 valence electrons. The zero-order valence-corrected chi connectivity index (χ0v) is 17.9. The number of benzene rings is 1. The van der Waals surface area contributed by atoms with Crippen LogP contribution in [0.15, 0.2) is 23.1 Å². The normalized spacial score (nSPS) is 19.7. The van der Waals surface area contributed by atoms with Crippen LogP contribution in [0.2, 0.25) is 0 Å². The molecule has 1 aromatic carbocycles. The maximum atomic E-state index is 12.9. The monoisotopic (exact) mass is 410 g/mol. The molecule has 1 saturated heterocycles. The molecule has 0 spiro atoms. The van der Waals surface area contributed by atoms with E-state index in [9.17, 15) is 13.2 Å². The Morgan fingerprint density at radius 2 is 1.86 bits per heavy atom. The minimum absolute atomic E-state index is 0.0825. The number of quaternary nitrogens is 1. The van der Waals surface area contributed by atoms with E-state index in [0.29, 0.717) is 49.1 Å². The third-order valence-electron chi connectivity index (χ3n) is 5.96. The lowest BCUT2D eigenvalue weighted by atomic mass is 10.1. The van der Waals surface area contributed by atoms with Crippen molar-refractivity contribution in [2.75, 3.05) is 52.3 Å². The maximum absolute atomic E-state index is 12.9. The predicted octanol–water partition coefficient (Wildman–Crippen LogP) is 1.97. The number of morpholine rings is 1. The number of amides is 1. The lowest BCUT2D eigenvalue weighted by Gasteiger charge is -2.35. The molecule has 1 aliphatic heterocycles. The molecule has 0 aromatic heterocycles. The number of likely N-dealkylation sites (N-methyl/N-ethyl adjacent to an activating group) is 1. The van der Waals surface area contributed by atoms with E-state index >= 15 is 0 Å². The number of anilines is 1. The first-order valence-electron chi connectivity index (χ1n) is 10.0. The molecule has 1 aromatic rings. The fourth-order valence-corrected chi connectivity index (χ4v) is 5.56. The quantitative estimate of drug-likeness (QED) is 0.728. The summed E-state index contributed by atoms with van der Waals surface area (Å²) in [5.74, 6) is -0.0825. The summed E-state index contributed by atoms with van der Waals surface area (Å²) in [6, 6.07) is 5.45. The zero-order chi connectivity index (χ0) is 20.4. The van der Waals surface area contributed by atoms with E-state index in [1.807, 2.05) is 6.92 Å². The standard InChI is InChI=1S/C20H31N3O4S/c1-16-8-9-18(28(25,26)22-10-12-27-13-11-22)14-19(16)21-20(24)15-23(2,3)17-6-4-5-7-17/h8-9,14,17H,4-7,10-13,15H2,1-3H3/p+1. The summed E-state index contributed by atoms with van der Waals surface area (Å²) in [5.41, 5.74) is 1.41. The van der Waals surface area contributed by atoms with Gasteiger partial charge in [-0.15, -0.1) is 0 Å². The summed E-state index contributed by atoms with van der Waals surface area (Å²) in [6.07, 6.45) is 4.78. The fourth-order valence-electron chi connectivity index (χ4n) is 4.12. The Morgan fingerprint density at radius 1 is 1.21 bits per heavy atom. The van der Waals surface area contributed by atoms with Crippen molar-refractivity contribution in [1.82, 2.24) is 4.31 Å². The number of hydrogen-bond donors (Lipinski definition) is 1. The molecule has 2 aliphatic rings. The van der Waals surface area contributed by atoms with Gasteiger partial charge < -0.3 is 14.5 Å². The summed E-state index contributed by atoms with van der Waals surface area (Å²) < 4.78 is 33.1. The molecule has 0 unspecified atom stereocenters. The van der Waals surface area contributed by atoms with E-state index in [1.54, 1.807) is 18.2 Å². The molecule has 8 heteroatoms. The molecule has 1 aliphatic carbocycles. The molecule has 0 atom stereocenters. The van der Waals surface area contributed by atoms with Crippen LogP contribution >= 0.6 is 0 Å². The molecule has 1 amide bonds. The van der Waals surface area contributed by atoms with E-state index in [0.717, 1.165) is 18.4 Å². The predicted molar refractivity (Wildman–Crippen MR) is 109 cm³/mol. The van der Waals surface area contributed by atoms with Gasteiger partial charge in [-0.25, -0.2) is 8.42 Å². The van der Waals surface area contributed by atoms with Gasteiger partial charge >= 0.3 is 0 Å². The van der Waals surface area contributed by atoms with Crippen LogP contribution in [0.3, 0.4) is 0 Å². The van der Waals surface area contributed by atoms with Crippen molar-refractivity contribution in [2.45, 2.75) is 43.5 Å². The van der Waals surface area contributed by atoms with Gasteiger partial charge in [-0.3, -0.25) is 4.79 Å². The van der Waals surface area contributed by atoms with Crippen LogP contribution in [-0.2, 0) is 19.6 Å². The minimum Gasteiger partial charge on any atom is -0.379 e. The van der Waals surface area contributed by atoms with Crippen LogP contribution in [0, 0.1) is 6.92 Å². The number of nitrogens with one attached hydrogen (secondary N) is 1. The summed E-state index contributed by atoms with van der Waals surface area (Å²) in [6.45, 7) is 3.77. The Hall–Kier alpha value is -1.48. The third-order valence-corrected chi connectivity index (χ3v) is 7.85. The Bertz CT molecular complexity index is 811. The molecule has 1 heterocycles. The Labute approximate surface area is 168 Å². The molecule has 3 rings (SSSR count). The number of rotatable bonds is 6. The Balaban J connectivity index is 1.73. The highest BCUT2D eigenvalue weighted by Gasteiger charge is 2.33. The Morgan fingerprint density at radius 3 is 2.50 bits per heavy atom. The summed E-state index contributed by atoms with van der Waals surface area (Å²) in [4.78, 5) is 12.9. The van der Waals surface area contributed by atoms with Gasteiger partial charge in [0.15, 0.2) is 6.54 Å². The van der Waals surface area contributed by atoms with E-state index in [2.05, 4.69) is 19.4 Å². The second-order valence-corrected chi connectivity index (χ2v) is 10.4. The molecular weight excluding hydrogens is 378 g/mol. The lowest BCUT2D eigenvalue weighted by Crippen LogP contribution is -2.51. The summed E-state index contributed by atoms with van der Waals surface area (Å²) >= 11 is 0. The molecule has 0 bridgehead atoms. The molecular formula is C20H32N3O4S+. The van der Waals surface area contributed by atoms with Crippen molar-refractivity contribution >= 4 is 21.6 Å². The molecule has 7 nitrogen and oxygen atoms in total. The van der Waals surface area contributed by atoms with Gasteiger partial charge in [-0.05, 0) is 50.3 Å². The number of carbonyl (C=O) groups is 1. The number of nitrogens with zero attached hydrogens (tertiary/aromatic N) is 2. The molecule has 2 fully saturated rings. The maximum Gasteiger partial charge on any atom is 0.279 e. The van der Waals surface area contributed by atoms with Gasteiger partial charge in [-0.1, -0.05) is 6.07 Å². The highest BCUT2D eigenvalue weighted by Crippen LogP contribution is 2.27. The van der Waals surface area contributed by atoms with Crippen molar-refractivity contribution < 1.29 is 22.4 Å². The average Bonchev–Trinajstić information content (AvgIpc) is 3.19. The van der Waals surface area contributed by atoms with Crippen molar-refractivity contribution in [3.8, 4) is 0 Å². The van der Waals surface area contributed by atoms with Crippen molar-refractivity contribution in [2.24, 2.45) is 0 Å².